The Labute approximate surface area is 209 Å². The molecule has 0 radical (unpaired) electrons. The minimum Gasteiger partial charge on any atom is -0.371 e. The Morgan fingerprint density at radius 3 is 2.81 bits per heavy atom. The minimum absolute atomic E-state index is 0.0597. The van der Waals surface area contributed by atoms with Gasteiger partial charge in [-0.05, 0) is 54.7 Å². The highest BCUT2D eigenvalue weighted by Gasteiger charge is 2.19. The van der Waals surface area contributed by atoms with E-state index >= 15 is 0 Å². The summed E-state index contributed by atoms with van der Waals surface area (Å²) in [5.74, 6) is 1.37. The largest absolute Gasteiger partial charge is 0.371 e. The summed E-state index contributed by atoms with van der Waals surface area (Å²) in [4.78, 5) is 27.3. The van der Waals surface area contributed by atoms with Crippen LogP contribution in [0.5, 0.6) is 0 Å². The van der Waals surface area contributed by atoms with Gasteiger partial charge in [0, 0.05) is 36.4 Å². The summed E-state index contributed by atoms with van der Waals surface area (Å²) in [6.45, 7) is 15.5. The van der Waals surface area contributed by atoms with Crippen molar-refractivity contribution in [3.05, 3.63) is 78.2 Å². The van der Waals surface area contributed by atoms with E-state index in [0.29, 0.717) is 22.7 Å². The van der Waals surface area contributed by atoms with Crippen LogP contribution in [-0.2, 0) is 11.2 Å². The quantitative estimate of drug-likeness (QED) is 0.256. The number of allylic oxidation sites excluding steroid dienone is 1. The number of H-pyrrole nitrogens is 1. The van der Waals surface area contributed by atoms with Crippen molar-refractivity contribution < 1.29 is 4.79 Å². The fraction of sp³-hybridized carbons (Fsp3) is 0.250. The molecule has 2 N–H and O–H groups in total. The molecule has 8 heteroatoms. The highest BCUT2D eigenvalue weighted by atomic mass is 16.1. The standard InChI is InChI=1S/C28H27N7O/c1-4-23(36)16-19-7-5-8-20(15-19)25-24-26(29-3)33-34-27(24)32-28(31-25)30-21-9-6-10-22(17-21)35-13-11-18(2)12-14-35/h4-10,15,17-18H,1,11-14,16H2,2H3,(H2,30,31,32,33,34). The van der Waals surface area contributed by atoms with Crippen molar-refractivity contribution in [2.45, 2.75) is 26.2 Å². The van der Waals surface area contributed by atoms with Crippen molar-refractivity contribution in [3.63, 3.8) is 0 Å². The van der Waals surface area contributed by atoms with E-state index in [-0.39, 0.29) is 18.0 Å². The van der Waals surface area contributed by atoms with E-state index in [1.54, 1.807) is 0 Å². The highest BCUT2D eigenvalue weighted by molar-refractivity contribution is 6.00. The van der Waals surface area contributed by atoms with Crippen LogP contribution in [0.1, 0.15) is 25.3 Å². The fourth-order valence-electron chi connectivity index (χ4n) is 4.53. The molecule has 0 bridgehead atoms. The van der Waals surface area contributed by atoms with Gasteiger partial charge in [-0.2, -0.15) is 4.98 Å². The second-order valence-electron chi connectivity index (χ2n) is 9.17. The lowest BCUT2D eigenvalue weighted by molar-refractivity contribution is -0.114. The van der Waals surface area contributed by atoms with Gasteiger partial charge in [-0.15, -0.1) is 0 Å². The van der Waals surface area contributed by atoms with Gasteiger partial charge in [-0.3, -0.25) is 4.79 Å². The molecule has 5 rings (SSSR count). The molecule has 0 unspecified atom stereocenters. The monoisotopic (exact) mass is 477 g/mol. The minimum atomic E-state index is -0.0597. The van der Waals surface area contributed by atoms with Gasteiger partial charge in [0.05, 0.1) is 11.1 Å². The summed E-state index contributed by atoms with van der Waals surface area (Å²) in [5.41, 5.74) is 4.65. The number of aromatic amines is 1. The number of hydrogen-bond acceptors (Lipinski definition) is 6. The van der Waals surface area contributed by atoms with E-state index < -0.39 is 0 Å². The van der Waals surface area contributed by atoms with Crippen molar-refractivity contribution in [2.24, 2.45) is 5.92 Å². The van der Waals surface area contributed by atoms with E-state index in [1.807, 2.05) is 36.4 Å². The predicted octanol–water partition coefficient (Wildman–Crippen LogP) is 5.85. The highest BCUT2D eigenvalue weighted by Crippen LogP contribution is 2.34. The van der Waals surface area contributed by atoms with E-state index in [9.17, 15) is 4.79 Å². The fourth-order valence-corrected chi connectivity index (χ4v) is 4.53. The summed E-state index contributed by atoms with van der Waals surface area (Å²) < 4.78 is 0. The number of nitrogens with one attached hydrogen (secondary N) is 2. The number of ketones is 1. The second kappa shape index (κ2) is 10.0. The first-order valence-corrected chi connectivity index (χ1v) is 12.0. The molecule has 0 spiro atoms. The molecule has 1 fully saturated rings. The molecule has 1 aliphatic rings. The smallest absolute Gasteiger partial charge is 0.261 e. The first-order chi connectivity index (χ1) is 17.5. The number of anilines is 3. The third-order valence-electron chi connectivity index (χ3n) is 6.56. The maximum atomic E-state index is 11.9. The van der Waals surface area contributed by atoms with Gasteiger partial charge < -0.3 is 15.1 Å². The molecule has 36 heavy (non-hydrogen) atoms. The van der Waals surface area contributed by atoms with Crippen LogP contribution < -0.4 is 10.2 Å². The molecule has 4 aromatic rings. The Hall–Kier alpha value is -4.51. The second-order valence-corrected chi connectivity index (χ2v) is 9.17. The van der Waals surface area contributed by atoms with Crippen LogP contribution in [0, 0.1) is 12.5 Å². The number of benzene rings is 2. The predicted molar refractivity (Wildman–Crippen MR) is 143 cm³/mol. The van der Waals surface area contributed by atoms with Crippen LogP contribution in [0.3, 0.4) is 0 Å². The molecular formula is C28H27N7O. The summed E-state index contributed by atoms with van der Waals surface area (Å²) in [6.07, 6.45) is 3.96. The Kier molecular flexibility index (Phi) is 6.46. The number of fused-ring (bicyclic) bond motifs is 1. The van der Waals surface area contributed by atoms with E-state index in [1.165, 1.54) is 24.6 Å². The molecule has 0 saturated carbocycles. The van der Waals surface area contributed by atoms with Crippen LogP contribution in [0.15, 0.2) is 61.2 Å². The average Bonchev–Trinajstić information content (AvgIpc) is 3.32. The Balaban J connectivity index is 1.51. The SMILES string of the molecule is [C-]#[N+]c1[nH]nc2nc(Nc3cccc(N4CCC(C)CC4)c3)nc(-c3cccc(CC(=O)C=C)c3)c12. The molecule has 1 saturated heterocycles. The zero-order valence-corrected chi connectivity index (χ0v) is 20.2. The molecule has 3 heterocycles. The summed E-state index contributed by atoms with van der Waals surface area (Å²) in [6, 6.07) is 15.8. The number of hydrogen-bond donors (Lipinski definition) is 2. The Morgan fingerprint density at radius 1 is 1.22 bits per heavy atom. The first kappa shape index (κ1) is 23.2. The molecule has 0 atom stereocenters. The van der Waals surface area contributed by atoms with E-state index in [0.717, 1.165) is 35.8 Å². The number of nitrogens with zero attached hydrogens (tertiary/aromatic N) is 5. The van der Waals surface area contributed by atoms with Crippen LogP contribution in [0.2, 0.25) is 0 Å². The molecule has 2 aromatic heterocycles. The van der Waals surface area contributed by atoms with Crippen LogP contribution in [-0.4, -0.2) is 39.0 Å². The molecule has 0 aliphatic carbocycles. The summed E-state index contributed by atoms with van der Waals surface area (Å²) in [5, 5.41) is 10.9. The Morgan fingerprint density at radius 2 is 2.03 bits per heavy atom. The van der Waals surface area contributed by atoms with Gasteiger partial charge in [0.15, 0.2) is 11.4 Å². The van der Waals surface area contributed by atoms with Gasteiger partial charge in [0.2, 0.25) is 5.95 Å². The third kappa shape index (κ3) is 4.82. The van der Waals surface area contributed by atoms with Crippen molar-refractivity contribution >= 4 is 40.0 Å². The normalized spacial score (nSPS) is 13.9. The molecular weight excluding hydrogens is 450 g/mol. The van der Waals surface area contributed by atoms with Gasteiger partial charge in [-0.25, -0.2) is 10.1 Å². The Bertz CT molecular complexity index is 1480. The summed E-state index contributed by atoms with van der Waals surface area (Å²) >= 11 is 0. The van der Waals surface area contributed by atoms with Crippen molar-refractivity contribution in [1.29, 1.82) is 0 Å². The average molecular weight is 478 g/mol. The molecule has 0 amide bonds. The molecule has 180 valence electrons. The number of carbonyl (C=O) groups excluding carboxylic acids is 1. The van der Waals surface area contributed by atoms with Crippen molar-refractivity contribution in [2.75, 3.05) is 23.3 Å². The molecule has 8 nitrogen and oxygen atoms in total. The number of rotatable bonds is 7. The maximum Gasteiger partial charge on any atom is 0.261 e. The number of piperidine rings is 1. The summed E-state index contributed by atoms with van der Waals surface area (Å²) in [7, 11) is 0. The van der Waals surface area contributed by atoms with Crippen LogP contribution >= 0.6 is 0 Å². The number of aromatic nitrogens is 4. The zero-order valence-electron chi connectivity index (χ0n) is 20.2. The van der Waals surface area contributed by atoms with E-state index in [4.69, 9.17) is 11.6 Å². The molecule has 2 aromatic carbocycles. The van der Waals surface area contributed by atoms with Crippen LogP contribution in [0.25, 0.3) is 27.1 Å². The van der Waals surface area contributed by atoms with Crippen molar-refractivity contribution in [3.8, 4) is 11.3 Å². The van der Waals surface area contributed by atoms with Crippen LogP contribution in [0.4, 0.5) is 23.1 Å². The van der Waals surface area contributed by atoms with Gasteiger partial charge in [0.1, 0.15) is 0 Å². The first-order valence-electron chi connectivity index (χ1n) is 12.0. The van der Waals surface area contributed by atoms with Gasteiger partial charge >= 0.3 is 0 Å². The molecule has 1 aliphatic heterocycles. The lowest BCUT2D eigenvalue weighted by Gasteiger charge is -2.32. The number of carbonyl (C=O) groups is 1. The lowest BCUT2D eigenvalue weighted by atomic mass is 9.99. The topological polar surface area (TPSA) is 91.2 Å². The zero-order chi connectivity index (χ0) is 25.1. The lowest BCUT2D eigenvalue weighted by Crippen LogP contribution is -2.32. The van der Waals surface area contributed by atoms with E-state index in [2.05, 4.69) is 55.9 Å². The van der Waals surface area contributed by atoms with Gasteiger partial charge in [-0.1, -0.05) is 49.4 Å². The maximum absolute atomic E-state index is 11.9. The third-order valence-corrected chi connectivity index (χ3v) is 6.56. The van der Waals surface area contributed by atoms with Gasteiger partial charge in [0.25, 0.3) is 5.82 Å². The van der Waals surface area contributed by atoms with Crippen molar-refractivity contribution in [1.82, 2.24) is 20.2 Å².